The van der Waals surface area contributed by atoms with Crippen molar-refractivity contribution in [1.82, 2.24) is 0 Å². The van der Waals surface area contributed by atoms with E-state index in [0.717, 1.165) is 33.6 Å². The smallest absolute Gasteiger partial charge is 0.128 e. The van der Waals surface area contributed by atoms with E-state index >= 15 is 0 Å². The van der Waals surface area contributed by atoms with Crippen LogP contribution in [0.3, 0.4) is 0 Å². The molecule has 1 aliphatic carbocycles. The molecule has 0 saturated heterocycles. The van der Waals surface area contributed by atoms with E-state index in [2.05, 4.69) is 0 Å². The number of thiophene rings is 1. The zero-order chi connectivity index (χ0) is 13.2. The van der Waals surface area contributed by atoms with Gasteiger partial charge in [0.2, 0.25) is 0 Å². The molecule has 1 aromatic carbocycles. The molecular formula is C16H16BFS. The summed E-state index contributed by atoms with van der Waals surface area (Å²) < 4.78 is 15.1. The van der Waals surface area contributed by atoms with Gasteiger partial charge in [-0.15, -0.1) is 0 Å². The van der Waals surface area contributed by atoms with Crippen molar-refractivity contribution in [3.63, 3.8) is 0 Å². The Kier molecular flexibility index (Phi) is 3.74. The molecule has 2 aromatic rings. The van der Waals surface area contributed by atoms with Crippen molar-refractivity contribution < 1.29 is 4.39 Å². The molecule has 0 nitrogen and oxygen atoms in total. The average Bonchev–Trinajstić information content (AvgIpc) is 2.86. The van der Waals surface area contributed by atoms with Crippen molar-refractivity contribution in [3.05, 3.63) is 41.7 Å². The number of benzene rings is 1. The summed E-state index contributed by atoms with van der Waals surface area (Å²) in [6.07, 6.45) is 6.01. The van der Waals surface area contributed by atoms with Gasteiger partial charge >= 0.3 is 0 Å². The van der Waals surface area contributed by atoms with Crippen molar-refractivity contribution in [3.8, 4) is 10.4 Å². The fourth-order valence-corrected chi connectivity index (χ4v) is 3.70. The zero-order valence-corrected chi connectivity index (χ0v) is 11.7. The van der Waals surface area contributed by atoms with Gasteiger partial charge in [0.1, 0.15) is 13.7 Å². The van der Waals surface area contributed by atoms with Gasteiger partial charge in [-0.1, -0.05) is 37.5 Å². The van der Waals surface area contributed by atoms with Crippen LogP contribution in [0.5, 0.6) is 0 Å². The van der Waals surface area contributed by atoms with Gasteiger partial charge in [0, 0.05) is 4.88 Å². The largest absolute Gasteiger partial charge is 0.207 e. The second-order valence-corrected chi connectivity index (χ2v) is 6.39. The number of halogens is 1. The van der Waals surface area contributed by atoms with Gasteiger partial charge in [-0.25, -0.2) is 4.39 Å². The van der Waals surface area contributed by atoms with Gasteiger partial charge in [0.15, 0.2) is 0 Å². The van der Waals surface area contributed by atoms with Gasteiger partial charge in [-0.05, 0) is 46.8 Å². The molecule has 1 aliphatic rings. The topological polar surface area (TPSA) is 0 Å². The highest BCUT2D eigenvalue weighted by Crippen LogP contribution is 2.35. The number of hydrogen-bond donors (Lipinski definition) is 0. The first kappa shape index (κ1) is 12.9. The first-order valence-electron chi connectivity index (χ1n) is 6.89. The SMILES string of the molecule is [B]c1ccc(-c2ccc(C3CCCCC3)c(F)c2)s1. The van der Waals surface area contributed by atoms with E-state index in [-0.39, 0.29) is 5.82 Å². The molecule has 0 bridgehead atoms. The Labute approximate surface area is 119 Å². The standard InChI is InChI=1S/C16H16BFS/c17-16-9-8-15(19-16)12-6-7-13(14(18)10-12)11-4-2-1-3-5-11/h6-11H,1-5H2. The number of rotatable bonds is 2. The predicted octanol–water partition coefficient (Wildman–Crippen LogP) is 4.40. The minimum atomic E-state index is -0.0589. The molecule has 0 amide bonds. The van der Waals surface area contributed by atoms with Crippen LogP contribution in [0, 0.1) is 5.82 Å². The molecule has 3 heteroatoms. The van der Waals surface area contributed by atoms with Crippen LogP contribution in [0.4, 0.5) is 4.39 Å². The van der Waals surface area contributed by atoms with Crippen LogP contribution >= 0.6 is 11.3 Å². The summed E-state index contributed by atoms with van der Waals surface area (Å²) in [6, 6.07) is 9.48. The van der Waals surface area contributed by atoms with Crippen molar-refractivity contribution in [1.29, 1.82) is 0 Å². The molecular weight excluding hydrogens is 254 g/mol. The van der Waals surface area contributed by atoms with Crippen LogP contribution < -0.4 is 4.78 Å². The fraction of sp³-hybridized carbons (Fsp3) is 0.375. The Morgan fingerprint density at radius 1 is 1.05 bits per heavy atom. The van der Waals surface area contributed by atoms with Crippen LogP contribution in [-0.2, 0) is 0 Å². The predicted molar refractivity (Wildman–Crippen MR) is 80.9 cm³/mol. The van der Waals surface area contributed by atoms with Crippen LogP contribution in [0.1, 0.15) is 43.6 Å². The Morgan fingerprint density at radius 2 is 1.84 bits per heavy atom. The summed E-state index contributed by atoms with van der Waals surface area (Å²) >= 11 is 1.50. The molecule has 0 spiro atoms. The van der Waals surface area contributed by atoms with Crippen LogP contribution in [0.2, 0.25) is 0 Å². The Hall–Kier alpha value is -1.09. The third-order valence-electron chi connectivity index (χ3n) is 3.96. The molecule has 1 fully saturated rings. The summed E-state index contributed by atoms with van der Waals surface area (Å²) in [5, 5.41) is 0. The van der Waals surface area contributed by atoms with Crippen molar-refractivity contribution >= 4 is 24.0 Å². The van der Waals surface area contributed by atoms with E-state index in [4.69, 9.17) is 7.85 Å². The lowest BCUT2D eigenvalue weighted by Crippen LogP contribution is -2.06. The van der Waals surface area contributed by atoms with Gasteiger partial charge < -0.3 is 0 Å². The lowest BCUT2D eigenvalue weighted by Gasteiger charge is -2.22. The van der Waals surface area contributed by atoms with Gasteiger partial charge in [0.25, 0.3) is 0 Å². The highest BCUT2D eigenvalue weighted by atomic mass is 32.1. The first-order chi connectivity index (χ1) is 9.24. The molecule has 19 heavy (non-hydrogen) atoms. The Morgan fingerprint density at radius 3 is 2.47 bits per heavy atom. The van der Waals surface area contributed by atoms with E-state index in [1.54, 1.807) is 6.07 Å². The van der Waals surface area contributed by atoms with E-state index in [0.29, 0.717) is 5.92 Å². The Balaban J connectivity index is 1.89. The van der Waals surface area contributed by atoms with Gasteiger partial charge in [-0.3, -0.25) is 0 Å². The molecule has 1 aromatic heterocycles. The highest BCUT2D eigenvalue weighted by Gasteiger charge is 2.19. The molecule has 3 rings (SSSR count). The molecule has 1 saturated carbocycles. The van der Waals surface area contributed by atoms with Gasteiger partial charge in [-0.2, -0.15) is 11.3 Å². The second-order valence-electron chi connectivity index (χ2n) is 5.27. The molecule has 0 N–H and O–H groups in total. The molecule has 2 radical (unpaired) electrons. The summed E-state index contributed by atoms with van der Waals surface area (Å²) in [7, 11) is 5.73. The maximum absolute atomic E-state index is 14.3. The lowest BCUT2D eigenvalue weighted by molar-refractivity contribution is 0.430. The zero-order valence-electron chi connectivity index (χ0n) is 10.9. The molecule has 0 aliphatic heterocycles. The van der Waals surface area contributed by atoms with Crippen LogP contribution in [-0.4, -0.2) is 7.85 Å². The van der Waals surface area contributed by atoms with E-state index < -0.39 is 0 Å². The molecule has 96 valence electrons. The molecule has 0 unspecified atom stereocenters. The first-order valence-corrected chi connectivity index (χ1v) is 7.71. The maximum atomic E-state index is 14.3. The van der Waals surface area contributed by atoms with E-state index in [1.165, 1.54) is 30.6 Å². The normalized spacial score (nSPS) is 16.7. The maximum Gasteiger partial charge on any atom is 0.128 e. The molecule has 0 atom stereocenters. The van der Waals surface area contributed by atoms with Crippen molar-refractivity contribution in [2.75, 3.05) is 0 Å². The van der Waals surface area contributed by atoms with Crippen molar-refractivity contribution in [2.45, 2.75) is 38.0 Å². The summed E-state index contributed by atoms with van der Waals surface area (Å²) in [6.45, 7) is 0. The Bertz CT molecular complexity index is 570. The van der Waals surface area contributed by atoms with E-state index in [1.807, 2.05) is 24.3 Å². The lowest BCUT2D eigenvalue weighted by atomic mass is 9.83. The third kappa shape index (κ3) is 2.76. The quantitative estimate of drug-likeness (QED) is 0.710. The monoisotopic (exact) mass is 270 g/mol. The minimum absolute atomic E-state index is 0.0589. The van der Waals surface area contributed by atoms with E-state index in [9.17, 15) is 4.39 Å². The highest BCUT2D eigenvalue weighted by molar-refractivity contribution is 7.23. The summed E-state index contributed by atoms with van der Waals surface area (Å²) in [4.78, 5) is 1.03. The minimum Gasteiger partial charge on any atom is -0.207 e. The summed E-state index contributed by atoms with van der Waals surface area (Å²) in [5.74, 6) is 0.354. The number of hydrogen-bond acceptors (Lipinski definition) is 1. The average molecular weight is 270 g/mol. The van der Waals surface area contributed by atoms with Gasteiger partial charge in [0.05, 0.1) is 0 Å². The third-order valence-corrected chi connectivity index (χ3v) is 4.92. The molecule has 1 heterocycles. The fourth-order valence-electron chi connectivity index (χ4n) is 2.93. The van der Waals surface area contributed by atoms with Crippen LogP contribution in [0.25, 0.3) is 10.4 Å². The van der Waals surface area contributed by atoms with Crippen molar-refractivity contribution in [2.24, 2.45) is 0 Å². The second kappa shape index (κ2) is 5.50. The van der Waals surface area contributed by atoms with Crippen LogP contribution in [0.15, 0.2) is 30.3 Å². The summed E-state index contributed by atoms with van der Waals surface area (Å²) in [5.41, 5.74) is 1.83.